The Balaban J connectivity index is 1.32. The Morgan fingerprint density at radius 1 is 1.23 bits per heavy atom. The Morgan fingerprint density at radius 2 is 2.03 bits per heavy atom. The first-order chi connectivity index (χ1) is 14.5. The van der Waals surface area contributed by atoms with Crippen LogP contribution in [0.15, 0.2) is 41.3 Å². The lowest BCUT2D eigenvalue weighted by molar-refractivity contribution is -0.0390. The molecular weight excluding hydrogens is 388 g/mol. The number of hydrogen-bond acceptors (Lipinski definition) is 8. The Kier molecular flexibility index (Phi) is 6.33. The molecule has 2 fully saturated rings. The molecule has 5 N–H and O–H groups in total. The number of benzene rings is 1. The highest BCUT2D eigenvalue weighted by molar-refractivity contribution is 5.28. The highest BCUT2D eigenvalue weighted by atomic mass is 16.6. The molecule has 0 spiro atoms. The van der Waals surface area contributed by atoms with Gasteiger partial charge in [-0.1, -0.05) is 12.1 Å². The van der Waals surface area contributed by atoms with E-state index in [1.54, 1.807) is 0 Å². The van der Waals surface area contributed by atoms with E-state index >= 15 is 0 Å². The molecule has 1 saturated heterocycles. The van der Waals surface area contributed by atoms with E-state index < -0.39 is 30.2 Å². The van der Waals surface area contributed by atoms with Crippen molar-refractivity contribution in [3.8, 4) is 5.75 Å². The minimum Gasteiger partial charge on any atom is -0.490 e. The first kappa shape index (κ1) is 20.8. The number of hydrogen-bond donors (Lipinski definition) is 4. The number of nitrogen functional groups attached to an aromatic ring is 1. The van der Waals surface area contributed by atoms with Crippen LogP contribution in [0.4, 0.5) is 5.82 Å². The molecule has 0 bridgehead atoms. The van der Waals surface area contributed by atoms with E-state index in [-0.39, 0.29) is 5.82 Å². The third-order valence-corrected chi connectivity index (χ3v) is 5.64. The number of aliphatic hydroxyl groups is 2. The van der Waals surface area contributed by atoms with Crippen molar-refractivity contribution in [3.05, 3.63) is 52.6 Å². The summed E-state index contributed by atoms with van der Waals surface area (Å²) in [4.78, 5) is 15.6. The number of nitrogens with one attached hydrogen (secondary N) is 1. The number of aromatic nitrogens is 2. The normalized spacial score (nSPS) is 26.9. The summed E-state index contributed by atoms with van der Waals surface area (Å²) in [6.07, 6.45) is 2.29. The van der Waals surface area contributed by atoms with Gasteiger partial charge in [0, 0.05) is 19.3 Å². The summed E-state index contributed by atoms with van der Waals surface area (Å²) in [7, 11) is 0. The number of ether oxygens (including phenoxy) is 2. The topological polar surface area (TPSA) is 132 Å². The Bertz CT molecular complexity index is 914. The molecule has 1 aliphatic carbocycles. The maximum Gasteiger partial charge on any atom is 0.351 e. The molecular formula is C21H28N4O5. The molecule has 0 radical (unpaired) electrons. The quantitative estimate of drug-likeness (QED) is 0.515. The molecule has 162 valence electrons. The third kappa shape index (κ3) is 4.65. The van der Waals surface area contributed by atoms with E-state index in [0.717, 1.165) is 28.7 Å². The van der Waals surface area contributed by atoms with E-state index in [2.05, 4.69) is 10.3 Å². The fourth-order valence-corrected chi connectivity index (χ4v) is 4.03. The Labute approximate surface area is 174 Å². The molecule has 1 saturated carbocycles. The van der Waals surface area contributed by atoms with Gasteiger partial charge in [0.2, 0.25) is 0 Å². The zero-order valence-corrected chi connectivity index (χ0v) is 16.7. The highest BCUT2D eigenvalue weighted by Gasteiger charge is 2.43. The van der Waals surface area contributed by atoms with Crippen LogP contribution in [0.1, 0.15) is 37.5 Å². The molecule has 4 rings (SSSR count). The van der Waals surface area contributed by atoms with E-state index in [1.807, 2.05) is 24.3 Å². The van der Waals surface area contributed by atoms with Crippen molar-refractivity contribution in [2.45, 2.75) is 62.9 Å². The van der Waals surface area contributed by atoms with Gasteiger partial charge in [-0.25, -0.2) is 4.79 Å². The molecule has 2 aromatic rings. The van der Waals surface area contributed by atoms with Crippen LogP contribution in [0.3, 0.4) is 0 Å². The van der Waals surface area contributed by atoms with Gasteiger partial charge in [0.1, 0.15) is 29.9 Å². The summed E-state index contributed by atoms with van der Waals surface area (Å²) >= 11 is 0. The fourth-order valence-electron chi connectivity index (χ4n) is 4.03. The van der Waals surface area contributed by atoms with Crippen molar-refractivity contribution in [1.82, 2.24) is 14.9 Å². The van der Waals surface area contributed by atoms with Gasteiger partial charge in [0.15, 0.2) is 6.23 Å². The van der Waals surface area contributed by atoms with Crippen LogP contribution in [0, 0.1) is 0 Å². The van der Waals surface area contributed by atoms with Gasteiger partial charge in [-0.3, -0.25) is 4.57 Å². The van der Waals surface area contributed by atoms with Crippen LogP contribution < -0.4 is 21.5 Å². The number of rotatable bonds is 7. The molecule has 9 heteroatoms. The fraction of sp³-hybridized carbons (Fsp3) is 0.524. The summed E-state index contributed by atoms with van der Waals surface area (Å²) in [5.41, 5.74) is 5.91. The molecule has 30 heavy (non-hydrogen) atoms. The number of aliphatic hydroxyl groups excluding tert-OH is 2. The summed E-state index contributed by atoms with van der Waals surface area (Å²) < 4.78 is 12.9. The molecule has 0 unspecified atom stereocenters. The SMILES string of the molecule is Nc1ccn([C@@H]2O[C@H](CNCc3cccc(OC4CCCC4)c3)[C@@H](O)[C@H]2O)c(=O)n1. The smallest absolute Gasteiger partial charge is 0.351 e. The van der Waals surface area contributed by atoms with Crippen molar-refractivity contribution < 1.29 is 19.7 Å². The van der Waals surface area contributed by atoms with E-state index in [1.165, 1.54) is 25.1 Å². The van der Waals surface area contributed by atoms with Crippen LogP contribution in [-0.4, -0.2) is 50.7 Å². The number of nitrogens with zero attached hydrogens (tertiary/aromatic N) is 2. The second-order valence-electron chi connectivity index (χ2n) is 7.89. The van der Waals surface area contributed by atoms with Crippen LogP contribution in [0.25, 0.3) is 0 Å². The van der Waals surface area contributed by atoms with Gasteiger partial charge in [-0.2, -0.15) is 4.98 Å². The summed E-state index contributed by atoms with van der Waals surface area (Å²) in [5, 5.41) is 23.9. The molecule has 4 atom stereocenters. The monoisotopic (exact) mass is 416 g/mol. The first-order valence-corrected chi connectivity index (χ1v) is 10.3. The molecule has 1 aromatic heterocycles. The van der Waals surface area contributed by atoms with E-state index in [4.69, 9.17) is 15.2 Å². The zero-order valence-electron chi connectivity index (χ0n) is 16.7. The zero-order chi connectivity index (χ0) is 21.1. The molecule has 1 aromatic carbocycles. The van der Waals surface area contributed by atoms with Crippen LogP contribution in [0.5, 0.6) is 5.75 Å². The maximum atomic E-state index is 12.0. The molecule has 2 heterocycles. The minimum atomic E-state index is -1.25. The van der Waals surface area contributed by atoms with Gasteiger partial charge < -0.3 is 30.7 Å². The minimum absolute atomic E-state index is 0.0849. The molecule has 0 amide bonds. The van der Waals surface area contributed by atoms with Gasteiger partial charge in [-0.05, 0) is 49.4 Å². The maximum absolute atomic E-state index is 12.0. The van der Waals surface area contributed by atoms with Gasteiger partial charge in [0.05, 0.1) is 6.10 Å². The van der Waals surface area contributed by atoms with Crippen LogP contribution in [-0.2, 0) is 11.3 Å². The predicted molar refractivity (Wildman–Crippen MR) is 110 cm³/mol. The molecule has 2 aliphatic rings. The summed E-state index contributed by atoms with van der Waals surface area (Å²) in [5.74, 6) is 0.950. The lowest BCUT2D eigenvalue weighted by atomic mass is 10.1. The highest BCUT2D eigenvalue weighted by Crippen LogP contribution is 2.28. The van der Waals surface area contributed by atoms with Crippen LogP contribution in [0.2, 0.25) is 0 Å². The van der Waals surface area contributed by atoms with Crippen LogP contribution >= 0.6 is 0 Å². The summed E-state index contributed by atoms with van der Waals surface area (Å²) in [6.45, 7) is 0.859. The van der Waals surface area contributed by atoms with E-state index in [9.17, 15) is 15.0 Å². The van der Waals surface area contributed by atoms with Crippen molar-refractivity contribution in [3.63, 3.8) is 0 Å². The molecule has 1 aliphatic heterocycles. The van der Waals surface area contributed by atoms with Crippen molar-refractivity contribution in [2.24, 2.45) is 0 Å². The second kappa shape index (κ2) is 9.13. The third-order valence-electron chi connectivity index (χ3n) is 5.64. The standard InChI is InChI=1S/C21H28N4O5/c22-17-8-9-25(21(28)24-17)20-19(27)18(26)16(30-20)12-23-11-13-4-3-7-15(10-13)29-14-5-1-2-6-14/h3-4,7-10,14,16,18-20,23,26-27H,1-2,5-6,11-12H2,(H2,22,24,28)/t16-,18-,19-,20-/m1/s1. The van der Waals surface area contributed by atoms with Gasteiger partial charge in [0.25, 0.3) is 0 Å². The van der Waals surface area contributed by atoms with Gasteiger partial charge in [-0.15, -0.1) is 0 Å². The number of anilines is 1. The van der Waals surface area contributed by atoms with Crippen molar-refractivity contribution >= 4 is 5.82 Å². The second-order valence-corrected chi connectivity index (χ2v) is 7.89. The molecule has 9 nitrogen and oxygen atoms in total. The average molecular weight is 416 g/mol. The van der Waals surface area contributed by atoms with Crippen molar-refractivity contribution in [2.75, 3.05) is 12.3 Å². The Morgan fingerprint density at radius 3 is 2.80 bits per heavy atom. The summed E-state index contributed by atoms with van der Waals surface area (Å²) in [6, 6.07) is 9.37. The van der Waals surface area contributed by atoms with E-state index in [0.29, 0.717) is 19.2 Å². The van der Waals surface area contributed by atoms with Crippen molar-refractivity contribution in [1.29, 1.82) is 0 Å². The number of nitrogens with two attached hydrogens (primary N) is 1. The average Bonchev–Trinajstić information content (AvgIpc) is 3.32. The van der Waals surface area contributed by atoms with Gasteiger partial charge >= 0.3 is 5.69 Å². The first-order valence-electron chi connectivity index (χ1n) is 10.3. The predicted octanol–water partition coefficient (Wildman–Crippen LogP) is 0.556. The Hall–Kier alpha value is -2.46. The lowest BCUT2D eigenvalue weighted by Crippen LogP contribution is -2.38. The largest absolute Gasteiger partial charge is 0.490 e. The lowest BCUT2D eigenvalue weighted by Gasteiger charge is -2.17.